The maximum atomic E-state index is 12.0. The Balaban J connectivity index is 1.45. The number of halogens is 1. The van der Waals surface area contributed by atoms with Gasteiger partial charge in [-0.1, -0.05) is 39.8 Å². The summed E-state index contributed by atoms with van der Waals surface area (Å²) in [6, 6.07) is 15.2. The van der Waals surface area contributed by atoms with E-state index in [0.29, 0.717) is 17.6 Å². The zero-order chi connectivity index (χ0) is 18.4. The number of ether oxygens (including phenoxy) is 1. The van der Waals surface area contributed by atoms with Gasteiger partial charge in [-0.2, -0.15) is 0 Å². The predicted molar refractivity (Wildman–Crippen MR) is 105 cm³/mol. The number of carbonyl (C=O) groups is 1. The summed E-state index contributed by atoms with van der Waals surface area (Å²) in [5, 5.41) is 10.3. The van der Waals surface area contributed by atoms with Crippen molar-refractivity contribution in [2.45, 2.75) is 18.7 Å². The predicted octanol–water partition coefficient (Wildman–Crippen LogP) is 4.19. The smallest absolute Gasteiger partial charge is 0.234 e. The third-order valence-electron chi connectivity index (χ3n) is 3.34. The summed E-state index contributed by atoms with van der Waals surface area (Å²) in [7, 11) is 0. The van der Waals surface area contributed by atoms with Crippen LogP contribution in [0.3, 0.4) is 0 Å². The summed E-state index contributed by atoms with van der Waals surface area (Å²) in [5.41, 5.74) is 1.88. The molecule has 3 aromatic rings. The quantitative estimate of drug-likeness (QED) is 0.547. The molecule has 0 unspecified atom stereocenters. The van der Waals surface area contributed by atoms with E-state index in [-0.39, 0.29) is 11.7 Å². The van der Waals surface area contributed by atoms with Gasteiger partial charge in [0.2, 0.25) is 11.1 Å². The third kappa shape index (κ3) is 5.60. The van der Waals surface area contributed by atoms with Gasteiger partial charge in [-0.3, -0.25) is 9.89 Å². The molecule has 0 aliphatic rings. The van der Waals surface area contributed by atoms with E-state index in [1.54, 1.807) is 0 Å². The van der Waals surface area contributed by atoms with Crippen molar-refractivity contribution in [1.29, 1.82) is 0 Å². The number of hydrogen-bond donors (Lipinski definition) is 2. The van der Waals surface area contributed by atoms with Gasteiger partial charge in [0.25, 0.3) is 0 Å². The molecule has 8 heteroatoms. The van der Waals surface area contributed by atoms with Gasteiger partial charge in [0.15, 0.2) is 5.82 Å². The molecule has 0 atom stereocenters. The average Bonchev–Trinajstić information content (AvgIpc) is 3.08. The van der Waals surface area contributed by atoms with Gasteiger partial charge in [-0.05, 0) is 48.9 Å². The summed E-state index contributed by atoms with van der Waals surface area (Å²) >= 11 is 4.62. The number of aryl methyl sites for hydroxylation is 1. The Kier molecular flexibility index (Phi) is 6.30. The van der Waals surface area contributed by atoms with Crippen LogP contribution in [0.2, 0.25) is 0 Å². The number of anilines is 1. The summed E-state index contributed by atoms with van der Waals surface area (Å²) < 4.78 is 6.64. The van der Waals surface area contributed by atoms with E-state index in [2.05, 4.69) is 36.4 Å². The number of nitrogens with one attached hydrogen (secondary N) is 2. The highest BCUT2D eigenvalue weighted by Gasteiger charge is 2.09. The standard InChI is InChI=1S/C18H17BrN4O2S/c1-12-3-2-4-15(9-12)25-10-16-21-18(23-22-16)26-11-17(24)20-14-7-5-13(19)6-8-14/h2-9H,10-11H2,1H3,(H,20,24)(H,21,22,23). The van der Waals surface area contributed by atoms with E-state index in [0.717, 1.165) is 21.5 Å². The minimum Gasteiger partial charge on any atom is -0.486 e. The van der Waals surface area contributed by atoms with Gasteiger partial charge < -0.3 is 10.1 Å². The molecule has 134 valence electrons. The summed E-state index contributed by atoms with van der Waals surface area (Å²) in [6.07, 6.45) is 0. The van der Waals surface area contributed by atoms with Gasteiger partial charge in [0, 0.05) is 10.2 Å². The fourth-order valence-electron chi connectivity index (χ4n) is 2.12. The van der Waals surface area contributed by atoms with Crippen LogP contribution in [0.1, 0.15) is 11.4 Å². The summed E-state index contributed by atoms with van der Waals surface area (Å²) in [6.45, 7) is 2.30. The van der Waals surface area contributed by atoms with Crippen molar-refractivity contribution < 1.29 is 9.53 Å². The lowest BCUT2D eigenvalue weighted by molar-refractivity contribution is -0.113. The molecule has 0 radical (unpaired) electrons. The third-order valence-corrected chi connectivity index (χ3v) is 4.71. The Morgan fingerprint density at radius 3 is 2.85 bits per heavy atom. The highest BCUT2D eigenvalue weighted by atomic mass is 79.9. The largest absolute Gasteiger partial charge is 0.486 e. The molecule has 2 aromatic carbocycles. The van der Waals surface area contributed by atoms with Crippen molar-refractivity contribution in [2.24, 2.45) is 0 Å². The molecule has 0 fully saturated rings. The fraction of sp³-hybridized carbons (Fsp3) is 0.167. The monoisotopic (exact) mass is 432 g/mol. The second-order valence-corrected chi connectivity index (χ2v) is 7.37. The zero-order valence-electron chi connectivity index (χ0n) is 14.0. The maximum Gasteiger partial charge on any atom is 0.234 e. The van der Waals surface area contributed by atoms with Crippen molar-refractivity contribution in [3.63, 3.8) is 0 Å². The first-order valence-electron chi connectivity index (χ1n) is 7.87. The highest BCUT2D eigenvalue weighted by Crippen LogP contribution is 2.17. The van der Waals surface area contributed by atoms with Gasteiger partial charge in [-0.25, -0.2) is 4.98 Å². The number of aromatic nitrogens is 3. The van der Waals surface area contributed by atoms with Crippen molar-refractivity contribution in [3.8, 4) is 5.75 Å². The second-order valence-electron chi connectivity index (χ2n) is 5.51. The first-order chi connectivity index (χ1) is 12.6. The van der Waals surface area contributed by atoms with E-state index in [4.69, 9.17) is 4.74 Å². The van der Waals surface area contributed by atoms with Crippen LogP contribution in [0.15, 0.2) is 58.2 Å². The molecule has 0 saturated heterocycles. The van der Waals surface area contributed by atoms with E-state index < -0.39 is 0 Å². The maximum absolute atomic E-state index is 12.0. The van der Waals surface area contributed by atoms with Crippen molar-refractivity contribution in [1.82, 2.24) is 15.2 Å². The van der Waals surface area contributed by atoms with Crippen molar-refractivity contribution in [3.05, 3.63) is 64.4 Å². The first-order valence-corrected chi connectivity index (χ1v) is 9.65. The lowest BCUT2D eigenvalue weighted by Crippen LogP contribution is -2.13. The molecule has 1 aromatic heterocycles. The zero-order valence-corrected chi connectivity index (χ0v) is 16.4. The lowest BCUT2D eigenvalue weighted by Gasteiger charge is -2.04. The minimum absolute atomic E-state index is 0.111. The topological polar surface area (TPSA) is 79.9 Å². The number of thioether (sulfide) groups is 1. The van der Waals surface area contributed by atoms with Crippen LogP contribution in [0.4, 0.5) is 5.69 Å². The number of rotatable bonds is 7. The molecule has 26 heavy (non-hydrogen) atoms. The molecule has 0 aliphatic heterocycles. The molecule has 0 aliphatic carbocycles. The second kappa shape index (κ2) is 8.86. The number of carbonyl (C=O) groups excluding carboxylic acids is 1. The number of amides is 1. The van der Waals surface area contributed by atoms with Crippen LogP contribution in [0, 0.1) is 6.92 Å². The lowest BCUT2D eigenvalue weighted by atomic mass is 10.2. The number of H-pyrrole nitrogens is 1. The van der Waals surface area contributed by atoms with Gasteiger partial charge in [0.1, 0.15) is 12.4 Å². The number of benzene rings is 2. The molecule has 3 rings (SSSR count). The average molecular weight is 433 g/mol. The van der Waals surface area contributed by atoms with Crippen LogP contribution in [-0.4, -0.2) is 26.8 Å². The number of aromatic amines is 1. The normalized spacial score (nSPS) is 10.5. The fourth-order valence-corrected chi connectivity index (χ4v) is 3.01. The van der Waals surface area contributed by atoms with Gasteiger partial charge in [-0.15, -0.1) is 5.10 Å². The van der Waals surface area contributed by atoms with E-state index >= 15 is 0 Å². The van der Waals surface area contributed by atoms with Crippen LogP contribution in [-0.2, 0) is 11.4 Å². The minimum atomic E-state index is -0.111. The van der Waals surface area contributed by atoms with Crippen molar-refractivity contribution >= 4 is 39.3 Å². The first kappa shape index (κ1) is 18.5. The summed E-state index contributed by atoms with van der Waals surface area (Å²) in [5.74, 6) is 1.51. The molecule has 1 amide bonds. The van der Waals surface area contributed by atoms with Crippen LogP contribution < -0.4 is 10.1 Å². The molecule has 0 bridgehead atoms. The van der Waals surface area contributed by atoms with E-state index in [1.165, 1.54) is 11.8 Å². The molecule has 0 spiro atoms. The van der Waals surface area contributed by atoms with E-state index in [1.807, 2.05) is 55.5 Å². The van der Waals surface area contributed by atoms with Crippen LogP contribution in [0.5, 0.6) is 5.75 Å². The Hall–Kier alpha value is -2.32. The molecule has 0 saturated carbocycles. The Bertz CT molecular complexity index is 883. The SMILES string of the molecule is Cc1cccc(OCc2nc(SCC(=O)Nc3ccc(Br)cc3)n[nH]2)c1. The molecule has 6 nitrogen and oxygen atoms in total. The summed E-state index contributed by atoms with van der Waals surface area (Å²) in [4.78, 5) is 16.3. The Morgan fingerprint density at radius 2 is 2.08 bits per heavy atom. The van der Waals surface area contributed by atoms with Crippen LogP contribution in [0.25, 0.3) is 0 Å². The number of hydrogen-bond acceptors (Lipinski definition) is 5. The molecule has 2 N–H and O–H groups in total. The number of nitrogens with zero attached hydrogens (tertiary/aromatic N) is 2. The van der Waals surface area contributed by atoms with Gasteiger partial charge in [0.05, 0.1) is 5.75 Å². The van der Waals surface area contributed by atoms with Gasteiger partial charge >= 0.3 is 0 Å². The van der Waals surface area contributed by atoms with Crippen LogP contribution >= 0.6 is 27.7 Å². The molecular weight excluding hydrogens is 416 g/mol. The molecular formula is C18H17BrN4O2S. The van der Waals surface area contributed by atoms with Crippen molar-refractivity contribution in [2.75, 3.05) is 11.1 Å². The highest BCUT2D eigenvalue weighted by molar-refractivity contribution is 9.10. The Morgan fingerprint density at radius 1 is 1.27 bits per heavy atom. The molecule has 1 heterocycles. The van der Waals surface area contributed by atoms with E-state index in [9.17, 15) is 4.79 Å². The Labute approximate surface area is 163 Å².